The molecule has 2 aliphatic heterocycles. The Labute approximate surface area is 157 Å². The van der Waals surface area contributed by atoms with Gasteiger partial charge in [0.15, 0.2) is 5.65 Å². The minimum Gasteiger partial charge on any atom is -0.477 e. The Balaban J connectivity index is 1.57. The van der Waals surface area contributed by atoms with Gasteiger partial charge in [-0.2, -0.15) is 5.10 Å². The highest BCUT2D eigenvalue weighted by molar-refractivity contribution is 5.97. The van der Waals surface area contributed by atoms with Crippen LogP contribution in [-0.4, -0.2) is 43.0 Å². The molecular weight excluding hydrogens is 342 g/mol. The highest BCUT2D eigenvalue weighted by atomic mass is 16.5. The predicted molar refractivity (Wildman–Crippen MR) is 98.8 cm³/mol. The molecule has 0 unspecified atom stereocenters. The fourth-order valence-corrected chi connectivity index (χ4v) is 4.46. The minimum atomic E-state index is -0.0126. The molecular formula is C20H21N5O2. The summed E-state index contributed by atoms with van der Waals surface area (Å²) in [5, 5.41) is 4.61. The molecule has 2 aliphatic rings. The number of nitrogens with zero attached hydrogens (tertiary/aromatic N) is 5. The van der Waals surface area contributed by atoms with Gasteiger partial charge in [0.2, 0.25) is 5.88 Å². The summed E-state index contributed by atoms with van der Waals surface area (Å²) < 4.78 is 7.54. The summed E-state index contributed by atoms with van der Waals surface area (Å²) in [6.07, 6.45) is 6.30. The molecule has 7 heteroatoms. The van der Waals surface area contributed by atoms with Crippen LogP contribution < -0.4 is 4.74 Å². The van der Waals surface area contributed by atoms with Crippen molar-refractivity contribution in [2.45, 2.75) is 45.2 Å². The number of hydrogen-bond acceptors (Lipinski definition) is 5. The van der Waals surface area contributed by atoms with Crippen LogP contribution in [0.4, 0.5) is 0 Å². The Morgan fingerprint density at radius 2 is 2.22 bits per heavy atom. The molecule has 0 aromatic carbocycles. The molecule has 1 fully saturated rings. The molecule has 1 saturated heterocycles. The predicted octanol–water partition coefficient (Wildman–Crippen LogP) is 2.73. The molecule has 5 rings (SSSR count). The molecule has 3 aromatic heterocycles. The van der Waals surface area contributed by atoms with E-state index in [1.54, 1.807) is 18.3 Å². The van der Waals surface area contributed by atoms with Crippen LogP contribution in [0.2, 0.25) is 0 Å². The third kappa shape index (κ3) is 2.41. The van der Waals surface area contributed by atoms with Gasteiger partial charge in [0.25, 0.3) is 5.91 Å². The van der Waals surface area contributed by atoms with Crippen molar-refractivity contribution in [2.75, 3.05) is 6.61 Å². The summed E-state index contributed by atoms with van der Waals surface area (Å²) in [6, 6.07) is 5.77. The van der Waals surface area contributed by atoms with Gasteiger partial charge in [-0.05, 0) is 38.8 Å². The van der Waals surface area contributed by atoms with E-state index in [0.717, 1.165) is 36.2 Å². The van der Waals surface area contributed by atoms with Gasteiger partial charge >= 0.3 is 0 Å². The Bertz CT molecular complexity index is 1040. The van der Waals surface area contributed by atoms with E-state index in [2.05, 4.69) is 15.1 Å². The fraction of sp³-hybridized carbons (Fsp3) is 0.400. The van der Waals surface area contributed by atoms with E-state index in [1.807, 2.05) is 35.5 Å². The van der Waals surface area contributed by atoms with Gasteiger partial charge in [-0.25, -0.2) is 14.5 Å². The lowest BCUT2D eigenvalue weighted by Crippen LogP contribution is -2.43. The van der Waals surface area contributed by atoms with Crippen LogP contribution in [0.3, 0.4) is 0 Å². The highest BCUT2D eigenvalue weighted by Gasteiger charge is 2.44. The van der Waals surface area contributed by atoms with Crippen molar-refractivity contribution in [3.8, 4) is 5.88 Å². The third-order valence-electron chi connectivity index (χ3n) is 5.55. The fourth-order valence-electron chi connectivity index (χ4n) is 4.46. The van der Waals surface area contributed by atoms with Crippen molar-refractivity contribution in [3.63, 3.8) is 0 Å². The van der Waals surface area contributed by atoms with E-state index in [-0.39, 0.29) is 18.0 Å². The lowest BCUT2D eigenvalue weighted by molar-refractivity contribution is 0.0637. The quantitative estimate of drug-likeness (QED) is 0.715. The largest absolute Gasteiger partial charge is 0.477 e. The number of carbonyl (C=O) groups is 1. The lowest BCUT2D eigenvalue weighted by Gasteiger charge is -2.36. The first kappa shape index (κ1) is 16.2. The highest BCUT2D eigenvalue weighted by Crippen LogP contribution is 2.44. The maximum absolute atomic E-state index is 13.4. The van der Waals surface area contributed by atoms with E-state index in [0.29, 0.717) is 18.1 Å². The second kappa shape index (κ2) is 6.04. The first-order valence-corrected chi connectivity index (χ1v) is 9.42. The van der Waals surface area contributed by atoms with Crippen LogP contribution in [0.5, 0.6) is 5.88 Å². The van der Waals surface area contributed by atoms with Crippen LogP contribution in [0.1, 0.15) is 53.1 Å². The van der Waals surface area contributed by atoms with E-state index in [1.165, 1.54) is 5.69 Å². The van der Waals surface area contributed by atoms with Gasteiger partial charge in [0.05, 0.1) is 24.0 Å². The van der Waals surface area contributed by atoms with Crippen molar-refractivity contribution in [3.05, 3.63) is 53.1 Å². The third-order valence-corrected chi connectivity index (χ3v) is 5.55. The van der Waals surface area contributed by atoms with Gasteiger partial charge in [-0.3, -0.25) is 4.79 Å². The van der Waals surface area contributed by atoms with E-state index in [9.17, 15) is 4.79 Å². The molecule has 0 saturated carbocycles. The maximum atomic E-state index is 13.4. The molecule has 27 heavy (non-hydrogen) atoms. The molecule has 5 heterocycles. The molecule has 2 atom stereocenters. The van der Waals surface area contributed by atoms with Gasteiger partial charge in [-0.1, -0.05) is 0 Å². The van der Waals surface area contributed by atoms with Crippen molar-refractivity contribution >= 4 is 11.6 Å². The van der Waals surface area contributed by atoms with Crippen molar-refractivity contribution < 1.29 is 9.53 Å². The second-order valence-electron chi connectivity index (χ2n) is 7.17. The Kier molecular flexibility index (Phi) is 3.63. The Morgan fingerprint density at radius 1 is 1.33 bits per heavy atom. The minimum absolute atomic E-state index is 0.0126. The van der Waals surface area contributed by atoms with Crippen LogP contribution >= 0.6 is 0 Å². The van der Waals surface area contributed by atoms with E-state index >= 15 is 0 Å². The number of rotatable bonds is 3. The van der Waals surface area contributed by atoms with Crippen LogP contribution in [0, 0.1) is 6.92 Å². The molecule has 138 valence electrons. The summed E-state index contributed by atoms with van der Waals surface area (Å²) in [5.41, 5.74) is 4.65. The summed E-state index contributed by atoms with van der Waals surface area (Å²) in [5.74, 6) is 0.396. The van der Waals surface area contributed by atoms with Gasteiger partial charge in [0.1, 0.15) is 5.56 Å². The summed E-state index contributed by atoms with van der Waals surface area (Å²) >= 11 is 0. The number of aromatic nitrogens is 4. The second-order valence-corrected chi connectivity index (χ2v) is 7.17. The van der Waals surface area contributed by atoms with Crippen LogP contribution in [-0.2, 0) is 6.42 Å². The zero-order valence-electron chi connectivity index (χ0n) is 15.4. The summed E-state index contributed by atoms with van der Waals surface area (Å²) in [7, 11) is 0. The van der Waals surface area contributed by atoms with Gasteiger partial charge in [0, 0.05) is 36.5 Å². The van der Waals surface area contributed by atoms with E-state index < -0.39 is 0 Å². The lowest BCUT2D eigenvalue weighted by atomic mass is 9.98. The average Bonchev–Trinajstić information content (AvgIpc) is 3.20. The first-order valence-electron chi connectivity index (χ1n) is 9.42. The zero-order valence-corrected chi connectivity index (χ0v) is 15.4. The van der Waals surface area contributed by atoms with Crippen molar-refractivity contribution in [1.82, 2.24) is 24.5 Å². The standard InChI is InChI=1S/C20H21N5O2/c1-3-27-19-14(5-4-8-21-19)20(26)24-13-6-7-16(24)15-11-22-18-9-12(2)23-25(18)17(15)10-13/h4-5,8-9,11,13,16H,3,6-7,10H2,1-2H3/t13-,16-/m1/s1. The molecule has 1 amide bonds. The monoisotopic (exact) mass is 363 g/mol. The van der Waals surface area contributed by atoms with Gasteiger partial charge in [-0.15, -0.1) is 0 Å². The maximum Gasteiger partial charge on any atom is 0.260 e. The Hall–Kier alpha value is -2.96. The molecule has 0 spiro atoms. The molecule has 3 aromatic rings. The zero-order chi connectivity index (χ0) is 18.5. The number of pyridine rings is 1. The normalized spacial score (nSPS) is 20.7. The van der Waals surface area contributed by atoms with Crippen LogP contribution in [0.25, 0.3) is 5.65 Å². The van der Waals surface area contributed by atoms with Crippen LogP contribution in [0.15, 0.2) is 30.6 Å². The van der Waals surface area contributed by atoms with Crippen molar-refractivity contribution in [2.24, 2.45) is 0 Å². The number of amides is 1. The molecule has 0 radical (unpaired) electrons. The number of fused-ring (bicyclic) bond motifs is 6. The molecule has 2 bridgehead atoms. The summed E-state index contributed by atoms with van der Waals surface area (Å²) in [6.45, 7) is 4.35. The molecule has 7 nitrogen and oxygen atoms in total. The summed E-state index contributed by atoms with van der Waals surface area (Å²) in [4.78, 5) is 24.2. The average molecular weight is 363 g/mol. The molecule has 0 aliphatic carbocycles. The number of ether oxygens (including phenoxy) is 1. The number of hydrogen-bond donors (Lipinski definition) is 0. The Morgan fingerprint density at radius 3 is 3.07 bits per heavy atom. The first-order chi connectivity index (χ1) is 13.2. The van der Waals surface area contributed by atoms with Crippen molar-refractivity contribution in [1.29, 1.82) is 0 Å². The SMILES string of the molecule is CCOc1ncccc1C(=O)N1[C@@H]2CC[C@@H]1c1cnc3cc(C)nn3c1C2. The van der Waals surface area contributed by atoms with Gasteiger partial charge < -0.3 is 9.64 Å². The number of aryl methyl sites for hydroxylation is 1. The molecule has 0 N–H and O–H groups in total. The van der Waals surface area contributed by atoms with E-state index in [4.69, 9.17) is 4.74 Å². The topological polar surface area (TPSA) is 72.6 Å². The number of carbonyl (C=O) groups excluding carboxylic acids is 1. The smallest absolute Gasteiger partial charge is 0.260 e.